The average molecular weight is 444 g/mol. The molecule has 2 aromatic rings. The molecule has 0 aromatic heterocycles. The predicted octanol–water partition coefficient (Wildman–Crippen LogP) is 2.63. The maximum atomic E-state index is 12.3. The van der Waals surface area contributed by atoms with E-state index >= 15 is 0 Å². The fraction of sp³-hybridized carbons (Fsp3) is 0.273. The van der Waals surface area contributed by atoms with Crippen molar-refractivity contribution >= 4 is 41.0 Å². The van der Waals surface area contributed by atoms with Gasteiger partial charge in [0.15, 0.2) is 6.61 Å². The minimum atomic E-state index is -0.785. The zero-order valence-electron chi connectivity index (χ0n) is 17.1. The number of hydrogen-bond acceptors (Lipinski definition) is 5. The Labute approximate surface area is 184 Å². The van der Waals surface area contributed by atoms with Crippen molar-refractivity contribution in [2.24, 2.45) is 5.92 Å². The number of anilines is 1. The lowest BCUT2D eigenvalue weighted by atomic mass is 10.1. The highest BCUT2D eigenvalue weighted by Crippen LogP contribution is 2.21. The number of carbonyl (C=O) groups excluding carboxylic acids is 4. The molecule has 162 valence electrons. The Morgan fingerprint density at radius 3 is 2.45 bits per heavy atom. The highest BCUT2D eigenvalue weighted by Gasteiger charge is 2.37. The number of ether oxygens (including phenoxy) is 1. The largest absolute Gasteiger partial charge is 0.455 e. The maximum absolute atomic E-state index is 12.3. The number of para-hydroxylation sites is 1. The van der Waals surface area contributed by atoms with Crippen LogP contribution in [0.5, 0.6) is 0 Å². The molecule has 0 radical (unpaired) electrons. The summed E-state index contributed by atoms with van der Waals surface area (Å²) in [6.45, 7) is 3.21. The third-order valence-corrected chi connectivity index (χ3v) is 5.23. The van der Waals surface area contributed by atoms with E-state index in [0.717, 1.165) is 16.1 Å². The summed E-state index contributed by atoms with van der Waals surface area (Å²) in [6, 6.07) is 12.0. The number of nitrogens with zero attached hydrogens (tertiary/aromatic N) is 1. The Morgan fingerprint density at radius 1 is 1.10 bits per heavy atom. The number of hydrogen-bond donors (Lipinski definition) is 2. The summed E-state index contributed by atoms with van der Waals surface area (Å²) in [5.74, 6) is -2.92. The van der Waals surface area contributed by atoms with Crippen LogP contribution in [0.15, 0.2) is 42.5 Å². The van der Waals surface area contributed by atoms with Crippen molar-refractivity contribution in [1.82, 2.24) is 10.4 Å². The molecule has 31 heavy (non-hydrogen) atoms. The third kappa shape index (κ3) is 5.40. The van der Waals surface area contributed by atoms with Crippen LogP contribution in [0.25, 0.3) is 0 Å². The smallest absolute Gasteiger partial charge is 0.311 e. The maximum Gasteiger partial charge on any atom is 0.311 e. The molecule has 3 rings (SSSR count). The van der Waals surface area contributed by atoms with Crippen molar-refractivity contribution in [3.63, 3.8) is 0 Å². The highest BCUT2D eigenvalue weighted by atomic mass is 35.5. The second-order valence-electron chi connectivity index (χ2n) is 7.25. The molecule has 1 aliphatic rings. The second-order valence-corrected chi connectivity index (χ2v) is 7.66. The van der Waals surface area contributed by atoms with Gasteiger partial charge in [0.1, 0.15) is 0 Å². The van der Waals surface area contributed by atoms with E-state index in [2.05, 4.69) is 10.7 Å². The van der Waals surface area contributed by atoms with Gasteiger partial charge in [-0.3, -0.25) is 29.6 Å². The molecular weight excluding hydrogens is 422 g/mol. The van der Waals surface area contributed by atoms with E-state index in [1.807, 2.05) is 32.0 Å². The second kappa shape index (κ2) is 9.61. The molecular formula is C22H22ClN3O5. The normalized spacial score (nSPS) is 15.5. The summed E-state index contributed by atoms with van der Waals surface area (Å²) in [7, 11) is 0. The number of esters is 1. The molecule has 2 N–H and O–H groups in total. The summed E-state index contributed by atoms with van der Waals surface area (Å²) in [6.07, 6.45) is -0.125. The van der Waals surface area contributed by atoms with Crippen molar-refractivity contribution in [3.05, 3.63) is 64.2 Å². The van der Waals surface area contributed by atoms with Crippen LogP contribution in [0.2, 0.25) is 5.02 Å². The monoisotopic (exact) mass is 443 g/mol. The van der Waals surface area contributed by atoms with Crippen LogP contribution in [-0.4, -0.2) is 41.9 Å². The van der Waals surface area contributed by atoms with Gasteiger partial charge in [0.2, 0.25) is 5.91 Å². The number of halogens is 1. The van der Waals surface area contributed by atoms with Gasteiger partial charge in [-0.1, -0.05) is 41.9 Å². The Kier molecular flexibility index (Phi) is 6.91. The number of nitrogens with one attached hydrogen (secondary N) is 2. The Morgan fingerprint density at radius 2 is 1.77 bits per heavy atom. The van der Waals surface area contributed by atoms with Crippen LogP contribution in [0.4, 0.5) is 5.69 Å². The molecule has 0 aliphatic carbocycles. The molecule has 1 saturated heterocycles. The quantitative estimate of drug-likeness (QED) is 0.668. The van der Waals surface area contributed by atoms with E-state index in [9.17, 15) is 19.2 Å². The molecule has 0 unspecified atom stereocenters. The lowest BCUT2D eigenvalue weighted by Gasteiger charge is -2.18. The molecule has 1 aliphatic heterocycles. The number of carbonyl (C=O) groups is 4. The minimum absolute atomic E-state index is 0.0492. The summed E-state index contributed by atoms with van der Waals surface area (Å²) in [5, 5.41) is 4.04. The van der Waals surface area contributed by atoms with Crippen LogP contribution in [-0.2, 0) is 19.1 Å². The number of amides is 3. The van der Waals surface area contributed by atoms with Crippen LogP contribution in [0, 0.1) is 19.8 Å². The SMILES string of the molecule is Cc1cccc(C)c1NC(=O)COC(=O)[C@@H]1CC(=O)N(NC(=O)c2ccccc2Cl)C1. The van der Waals surface area contributed by atoms with Crippen molar-refractivity contribution < 1.29 is 23.9 Å². The first-order chi connectivity index (χ1) is 14.8. The van der Waals surface area contributed by atoms with E-state index < -0.39 is 36.2 Å². The van der Waals surface area contributed by atoms with Gasteiger partial charge < -0.3 is 10.1 Å². The molecule has 1 fully saturated rings. The molecule has 0 spiro atoms. The Bertz CT molecular complexity index is 1020. The molecule has 0 saturated carbocycles. The minimum Gasteiger partial charge on any atom is -0.455 e. The van der Waals surface area contributed by atoms with E-state index in [-0.39, 0.29) is 23.6 Å². The van der Waals surface area contributed by atoms with Crippen molar-refractivity contribution in [3.8, 4) is 0 Å². The van der Waals surface area contributed by atoms with Crippen LogP contribution in [0.3, 0.4) is 0 Å². The first-order valence-corrected chi connectivity index (χ1v) is 10.0. The number of rotatable bonds is 6. The summed E-state index contributed by atoms with van der Waals surface area (Å²) >= 11 is 5.99. The van der Waals surface area contributed by atoms with Gasteiger partial charge in [0, 0.05) is 12.1 Å². The number of hydrazine groups is 1. The van der Waals surface area contributed by atoms with Gasteiger partial charge in [0.05, 0.1) is 23.0 Å². The topological polar surface area (TPSA) is 105 Å². The molecule has 9 heteroatoms. The highest BCUT2D eigenvalue weighted by molar-refractivity contribution is 6.33. The van der Waals surface area contributed by atoms with Crippen LogP contribution in [0.1, 0.15) is 27.9 Å². The fourth-order valence-corrected chi connectivity index (χ4v) is 3.46. The summed E-state index contributed by atoms with van der Waals surface area (Å²) < 4.78 is 5.08. The zero-order valence-corrected chi connectivity index (χ0v) is 17.9. The predicted molar refractivity (Wildman–Crippen MR) is 114 cm³/mol. The molecule has 3 amide bonds. The lowest BCUT2D eigenvalue weighted by molar-refractivity contribution is -0.151. The van der Waals surface area contributed by atoms with Gasteiger partial charge in [-0.15, -0.1) is 0 Å². The Balaban J connectivity index is 1.51. The lowest BCUT2D eigenvalue weighted by Crippen LogP contribution is -2.43. The van der Waals surface area contributed by atoms with Crippen molar-refractivity contribution in [2.45, 2.75) is 20.3 Å². The van der Waals surface area contributed by atoms with E-state index in [0.29, 0.717) is 5.69 Å². The van der Waals surface area contributed by atoms with Gasteiger partial charge in [-0.05, 0) is 37.1 Å². The molecule has 0 bridgehead atoms. The van der Waals surface area contributed by atoms with E-state index in [4.69, 9.17) is 16.3 Å². The average Bonchev–Trinajstić information content (AvgIpc) is 3.09. The van der Waals surface area contributed by atoms with Gasteiger partial charge in [0.25, 0.3) is 11.8 Å². The van der Waals surface area contributed by atoms with Crippen molar-refractivity contribution in [1.29, 1.82) is 0 Å². The first kappa shape index (κ1) is 22.3. The molecule has 2 aromatic carbocycles. The fourth-order valence-electron chi connectivity index (χ4n) is 3.24. The number of benzene rings is 2. The molecule has 8 nitrogen and oxygen atoms in total. The van der Waals surface area contributed by atoms with Crippen LogP contribution >= 0.6 is 11.6 Å². The van der Waals surface area contributed by atoms with Crippen LogP contribution < -0.4 is 10.7 Å². The number of aryl methyl sites for hydroxylation is 2. The molecule has 1 heterocycles. The zero-order chi connectivity index (χ0) is 22.5. The Hall–Kier alpha value is -3.39. The van der Waals surface area contributed by atoms with Gasteiger partial charge in [-0.2, -0.15) is 0 Å². The first-order valence-electron chi connectivity index (χ1n) is 9.65. The summed E-state index contributed by atoms with van der Waals surface area (Å²) in [4.78, 5) is 49.0. The van der Waals surface area contributed by atoms with Crippen molar-refractivity contribution in [2.75, 3.05) is 18.5 Å². The molecule has 1 atom stereocenters. The van der Waals surface area contributed by atoms with Gasteiger partial charge >= 0.3 is 5.97 Å². The standard InChI is InChI=1S/C22H22ClN3O5/c1-13-6-5-7-14(2)20(13)24-18(27)12-31-22(30)15-10-19(28)26(11-15)25-21(29)16-8-3-4-9-17(16)23/h3-9,15H,10-12H2,1-2H3,(H,24,27)(H,25,29)/t15-/m1/s1. The van der Waals surface area contributed by atoms with Gasteiger partial charge in [-0.25, -0.2) is 0 Å². The summed E-state index contributed by atoms with van der Waals surface area (Å²) in [5.41, 5.74) is 5.13. The van der Waals surface area contributed by atoms with E-state index in [1.54, 1.807) is 18.2 Å². The van der Waals surface area contributed by atoms with E-state index in [1.165, 1.54) is 6.07 Å². The third-order valence-electron chi connectivity index (χ3n) is 4.90.